The van der Waals surface area contributed by atoms with Gasteiger partial charge in [-0.2, -0.15) is 0 Å². The van der Waals surface area contributed by atoms with Gasteiger partial charge in [-0.3, -0.25) is 14.9 Å². The molecule has 1 amide bonds. The molecule has 0 saturated carbocycles. The molecule has 1 atom stereocenters. The van der Waals surface area contributed by atoms with E-state index < -0.39 is 10.5 Å². The lowest BCUT2D eigenvalue weighted by atomic mass is 9.87. The fourth-order valence-electron chi connectivity index (χ4n) is 3.49. The van der Waals surface area contributed by atoms with E-state index in [9.17, 15) is 14.9 Å². The Morgan fingerprint density at radius 1 is 0.926 bits per heavy atom. The van der Waals surface area contributed by atoms with E-state index in [-0.39, 0.29) is 17.3 Å². The van der Waals surface area contributed by atoms with Crippen molar-refractivity contribution in [2.24, 2.45) is 0 Å². The number of carbonyl (C=O) groups is 1. The van der Waals surface area contributed by atoms with E-state index in [1.54, 1.807) is 31.3 Å². The number of anilines is 1. The normalized spacial score (nSPS) is 18.3. The topological polar surface area (TPSA) is 72.7 Å². The molecule has 0 aromatic heterocycles. The number of nitro groups is 1. The summed E-state index contributed by atoms with van der Waals surface area (Å²) in [6.07, 6.45) is 0. The summed E-state index contributed by atoms with van der Waals surface area (Å²) in [5.74, 6) is -0.252. The fourth-order valence-corrected chi connectivity index (χ4v) is 3.49. The van der Waals surface area contributed by atoms with Crippen molar-refractivity contribution in [3.63, 3.8) is 0 Å². The molecule has 0 N–H and O–H groups in total. The molecule has 6 heteroatoms. The van der Waals surface area contributed by atoms with E-state index in [1.807, 2.05) is 42.5 Å². The van der Waals surface area contributed by atoms with Gasteiger partial charge in [-0.25, -0.2) is 0 Å². The molecule has 0 aliphatic carbocycles. The number of rotatable bonds is 4. The third-order valence-electron chi connectivity index (χ3n) is 4.76. The van der Waals surface area contributed by atoms with E-state index in [2.05, 4.69) is 0 Å². The van der Waals surface area contributed by atoms with Crippen LogP contribution in [0.4, 0.5) is 11.4 Å². The maximum atomic E-state index is 13.4. The lowest BCUT2D eigenvalue weighted by Crippen LogP contribution is -2.44. The van der Waals surface area contributed by atoms with Gasteiger partial charge in [0.2, 0.25) is 5.60 Å². The van der Waals surface area contributed by atoms with Crippen molar-refractivity contribution in [1.29, 1.82) is 0 Å². The number of amides is 1. The summed E-state index contributed by atoms with van der Waals surface area (Å²) in [4.78, 5) is 25.9. The number of fused-ring (bicyclic) bond motifs is 1. The van der Waals surface area contributed by atoms with Crippen molar-refractivity contribution < 1.29 is 14.5 Å². The second-order valence-electron chi connectivity index (χ2n) is 6.26. The van der Waals surface area contributed by atoms with Crippen LogP contribution < -0.4 is 9.64 Å². The number of nitrogens with zero attached hydrogens (tertiary/aromatic N) is 2. The van der Waals surface area contributed by atoms with Gasteiger partial charge in [0, 0.05) is 24.2 Å². The van der Waals surface area contributed by atoms with Gasteiger partial charge in [0.05, 0.1) is 10.6 Å². The van der Waals surface area contributed by atoms with Crippen molar-refractivity contribution >= 4 is 17.3 Å². The highest BCUT2D eigenvalue weighted by Gasteiger charge is 2.54. The smallest absolute Gasteiger partial charge is 0.310 e. The van der Waals surface area contributed by atoms with Crippen molar-refractivity contribution in [3.8, 4) is 5.75 Å². The average molecular weight is 360 g/mol. The zero-order chi connectivity index (χ0) is 19.0. The van der Waals surface area contributed by atoms with E-state index in [4.69, 9.17) is 4.74 Å². The molecular weight excluding hydrogens is 344 g/mol. The summed E-state index contributed by atoms with van der Waals surface area (Å²) in [5, 5.41) is 11.5. The molecule has 0 spiro atoms. The summed E-state index contributed by atoms with van der Waals surface area (Å²) in [5.41, 5.74) is 0.308. The van der Waals surface area contributed by atoms with E-state index in [0.717, 1.165) is 0 Å². The lowest BCUT2D eigenvalue weighted by molar-refractivity contribution is -0.386. The molecule has 3 aromatic carbocycles. The molecule has 1 aliphatic rings. The minimum atomic E-state index is -1.49. The van der Waals surface area contributed by atoms with Crippen molar-refractivity contribution in [2.45, 2.75) is 5.60 Å². The van der Waals surface area contributed by atoms with Gasteiger partial charge in [-0.05, 0) is 12.1 Å². The Morgan fingerprint density at radius 3 is 2.30 bits per heavy atom. The molecule has 0 bridgehead atoms. The molecule has 1 heterocycles. The second-order valence-corrected chi connectivity index (χ2v) is 6.26. The Bertz CT molecular complexity index is 1040. The van der Waals surface area contributed by atoms with Crippen LogP contribution in [0.3, 0.4) is 0 Å². The molecule has 4 rings (SSSR count). The highest BCUT2D eigenvalue weighted by molar-refractivity contribution is 6.09. The van der Waals surface area contributed by atoms with Crippen molar-refractivity contribution in [2.75, 3.05) is 11.9 Å². The number of benzene rings is 3. The fraction of sp³-hybridized carbons (Fsp3) is 0.0952. The third-order valence-corrected chi connectivity index (χ3v) is 4.76. The summed E-state index contributed by atoms with van der Waals surface area (Å²) < 4.78 is 6.22. The Morgan fingerprint density at radius 2 is 1.56 bits per heavy atom. The van der Waals surface area contributed by atoms with Crippen LogP contribution in [0, 0.1) is 10.1 Å². The summed E-state index contributed by atoms with van der Waals surface area (Å²) in [6, 6.07) is 22.5. The van der Waals surface area contributed by atoms with Crippen LogP contribution in [-0.2, 0) is 10.4 Å². The van der Waals surface area contributed by atoms with Gasteiger partial charge in [0.15, 0.2) is 5.75 Å². The number of para-hydroxylation sites is 3. The Balaban J connectivity index is 1.98. The molecule has 0 radical (unpaired) electrons. The molecule has 3 aromatic rings. The van der Waals surface area contributed by atoms with Gasteiger partial charge < -0.3 is 9.64 Å². The molecule has 1 unspecified atom stereocenters. The second kappa shape index (κ2) is 6.25. The first kappa shape index (κ1) is 16.8. The third kappa shape index (κ3) is 2.45. The Labute approximate surface area is 155 Å². The molecular formula is C21H16N2O4. The molecule has 0 saturated heterocycles. The van der Waals surface area contributed by atoms with Crippen molar-refractivity contribution in [3.05, 3.63) is 100 Å². The van der Waals surface area contributed by atoms with Gasteiger partial charge in [-0.15, -0.1) is 0 Å². The number of ether oxygens (including phenoxy) is 1. The lowest BCUT2D eigenvalue weighted by Gasteiger charge is -2.29. The van der Waals surface area contributed by atoms with Crippen LogP contribution >= 0.6 is 0 Å². The van der Waals surface area contributed by atoms with Crippen LogP contribution in [0.25, 0.3) is 0 Å². The highest BCUT2D eigenvalue weighted by Crippen LogP contribution is 2.47. The summed E-state index contributed by atoms with van der Waals surface area (Å²) in [7, 11) is 1.68. The number of nitro benzene ring substituents is 1. The van der Waals surface area contributed by atoms with Gasteiger partial charge in [0.1, 0.15) is 0 Å². The highest BCUT2D eigenvalue weighted by atomic mass is 16.6. The molecule has 0 fully saturated rings. The predicted molar refractivity (Wildman–Crippen MR) is 101 cm³/mol. The maximum Gasteiger partial charge on any atom is 0.310 e. The zero-order valence-corrected chi connectivity index (χ0v) is 14.5. The maximum absolute atomic E-state index is 13.4. The summed E-state index contributed by atoms with van der Waals surface area (Å²) in [6.45, 7) is 0. The molecule has 1 aliphatic heterocycles. The average Bonchev–Trinajstić information content (AvgIpc) is 2.92. The van der Waals surface area contributed by atoms with E-state index in [1.165, 1.54) is 17.0 Å². The first-order valence-electron chi connectivity index (χ1n) is 8.41. The molecule has 27 heavy (non-hydrogen) atoms. The van der Waals surface area contributed by atoms with Gasteiger partial charge in [-0.1, -0.05) is 60.7 Å². The van der Waals surface area contributed by atoms with E-state index >= 15 is 0 Å². The molecule has 6 nitrogen and oxygen atoms in total. The number of hydrogen-bond acceptors (Lipinski definition) is 4. The quantitative estimate of drug-likeness (QED) is 0.523. The van der Waals surface area contributed by atoms with Crippen LogP contribution in [0.2, 0.25) is 0 Å². The zero-order valence-electron chi connectivity index (χ0n) is 14.5. The SMILES string of the molecule is CN1C(=O)C(Oc2ccccc2[N+](=O)[O-])(c2ccccc2)c2ccccc21. The minimum Gasteiger partial charge on any atom is -0.460 e. The number of likely N-dealkylation sites (N-methyl/N-ethyl adjacent to an activating group) is 1. The van der Waals surface area contributed by atoms with Crippen molar-refractivity contribution in [1.82, 2.24) is 0 Å². The summed E-state index contributed by atoms with van der Waals surface area (Å²) >= 11 is 0. The Kier molecular flexibility index (Phi) is 3.88. The molecule has 134 valence electrons. The number of hydrogen-bond donors (Lipinski definition) is 0. The monoisotopic (exact) mass is 360 g/mol. The minimum absolute atomic E-state index is 0.0461. The van der Waals surface area contributed by atoms with Crippen LogP contribution in [-0.4, -0.2) is 17.9 Å². The van der Waals surface area contributed by atoms with Crippen LogP contribution in [0.5, 0.6) is 5.75 Å². The first-order chi connectivity index (χ1) is 13.1. The van der Waals surface area contributed by atoms with Crippen LogP contribution in [0.1, 0.15) is 11.1 Å². The van der Waals surface area contributed by atoms with E-state index in [0.29, 0.717) is 16.8 Å². The first-order valence-corrected chi connectivity index (χ1v) is 8.41. The standard InChI is InChI=1S/C21H16N2O4/c1-22-17-12-6-5-11-16(17)21(20(22)24,15-9-3-2-4-10-15)27-19-14-8-7-13-18(19)23(25)26/h2-14H,1H3. The van der Waals surface area contributed by atoms with Crippen LogP contribution in [0.15, 0.2) is 78.9 Å². The number of carbonyl (C=O) groups excluding carboxylic acids is 1. The van der Waals surface area contributed by atoms with Gasteiger partial charge >= 0.3 is 5.69 Å². The predicted octanol–water partition coefficient (Wildman–Crippen LogP) is 3.89. The van der Waals surface area contributed by atoms with Gasteiger partial charge in [0.25, 0.3) is 5.91 Å². The Hall–Kier alpha value is -3.67. The largest absolute Gasteiger partial charge is 0.460 e.